The van der Waals surface area contributed by atoms with Crippen LogP contribution in [0.1, 0.15) is 57.8 Å². The number of anilines is 1. The zero-order chi connectivity index (χ0) is 24.9. The molecule has 0 bridgehead atoms. The number of carbonyl (C=O) groups excluding carboxylic acids is 4. The first-order valence-corrected chi connectivity index (χ1v) is 11.9. The summed E-state index contributed by atoms with van der Waals surface area (Å²) in [5, 5.41) is 0. The Morgan fingerprint density at radius 2 is 1.89 bits per heavy atom. The molecule has 1 aromatic carbocycles. The number of Topliss-reactive ketones (excluding diaryl/α,β-unsaturated/α-hetero) is 1. The van der Waals surface area contributed by atoms with E-state index in [9.17, 15) is 19.2 Å². The number of nitrogens with zero attached hydrogens (tertiary/aromatic N) is 3. The minimum Gasteiger partial charge on any atom is -0.454 e. The Labute approximate surface area is 203 Å². The summed E-state index contributed by atoms with van der Waals surface area (Å²) in [4.78, 5) is 56.2. The summed E-state index contributed by atoms with van der Waals surface area (Å²) in [5.74, 6) is -1.58. The van der Waals surface area contributed by atoms with Crippen molar-refractivity contribution in [1.29, 1.82) is 0 Å². The lowest BCUT2D eigenvalue weighted by Gasteiger charge is -2.48. The van der Waals surface area contributed by atoms with E-state index in [0.29, 0.717) is 30.0 Å². The van der Waals surface area contributed by atoms with Crippen molar-refractivity contribution in [2.75, 3.05) is 25.2 Å². The van der Waals surface area contributed by atoms with E-state index in [1.807, 2.05) is 18.4 Å². The molecular formula is C26H29N3O6. The highest BCUT2D eigenvalue weighted by atomic mass is 16.5. The monoisotopic (exact) mass is 479 g/mol. The molecule has 184 valence electrons. The van der Waals surface area contributed by atoms with Crippen molar-refractivity contribution in [3.05, 3.63) is 52.8 Å². The van der Waals surface area contributed by atoms with Crippen molar-refractivity contribution in [2.24, 2.45) is 0 Å². The normalized spacial score (nSPS) is 21.2. The van der Waals surface area contributed by atoms with Gasteiger partial charge in [0, 0.05) is 49.5 Å². The van der Waals surface area contributed by atoms with E-state index >= 15 is 0 Å². The first-order valence-electron chi connectivity index (χ1n) is 11.9. The van der Waals surface area contributed by atoms with E-state index in [4.69, 9.17) is 9.47 Å². The molecule has 2 fully saturated rings. The molecule has 35 heavy (non-hydrogen) atoms. The van der Waals surface area contributed by atoms with E-state index in [1.165, 1.54) is 9.80 Å². The molecule has 5 rings (SSSR count). The Morgan fingerprint density at radius 1 is 1.14 bits per heavy atom. The molecule has 3 aliphatic rings. The number of ether oxygens (including phenoxy) is 2. The molecular weight excluding hydrogens is 450 g/mol. The second-order valence-corrected chi connectivity index (χ2v) is 9.40. The zero-order valence-electron chi connectivity index (χ0n) is 20.2. The molecule has 0 spiro atoms. The van der Waals surface area contributed by atoms with Crippen molar-refractivity contribution in [1.82, 2.24) is 9.47 Å². The first-order chi connectivity index (χ1) is 16.8. The summed E-state index contributed by atoms with van der Waals surface area (Å²) in [6, 6.07) is 8.49. The summed E-state index contributed by atoms with van der Waals surface area (Å²) in [7, 11) is 1.62. The maximum absolute atomic E-state index is 13.7. The van der Waals surface area contributed by atoms with Gasteiger partial charge in [-0.1, -0.05) is 12.1 Å². The fraction of sp³-hybridized carbons (Fsp3) is 0.462. The number of rotatable bonds is 8. The third-order valence-electron chi connectivity index (χ3n) is 7.27. The molecule has 2 aromatic rings. The molecule has 9 nitrogen and oxygen atoms in total. The number of carbonyl (C=O) groups is 4. The highest BCUT2D eigenvalue weighted by Crippen LogP contribution is 2.49. The van der Waals surface area contributed by atoms with Gasteiger partial charge in [0.2, 0.25) is 17.4 Å². The number of benzene rings is 1. The summed E-state index contributed by atoms with van der Waals surface area (Å²) in [5.41, 5.74) is 1.43. The second-order valence-electron chi connectivity index (χ2n) is 9.40. The molecule has 9 heteroatoms. The smallest absolute Gasteiger partial charge is 0.354 e. The average Bonchev–Trinajstić information content (AvgIpc) is 3.56. The standard InChI is InChI=1S/C26H29N3O6/c1-16-14-20(17(2)27(16)12-13-34-3)22(30)15-35-25(33)26-11-10-23(31)29(26)21-7-5-4-6-19(21)24(32)28(26)18-8-9-18/h4-7,14,18H,8-13,15H2,1-3H3/t26-/m1/s1. The van der Waals surface area contributed by atoms with Gasteiger partial charge in [-0.25, -0.2) is 4.79 Å². The Kier molecular flexibility index (Phi) is 5.75. The van der Waals surface area contributed by atoms with Gasteiger partial charge in [-0.2, -0.15) is 0 Å². The number of methoxy groups -OCH3 is 1. The van der Waals surface area contributed by atoms with Gasteiger partial charge in [0.25, 0.3) is 5.91 Å². The number of hydrogen-bond donors (Lipinski definition) is 0. The van der Waals surface area contributed by atoms with Crippen LogP contribution in [0.2, 0.25) is 0 Å². The van der Waals surface area contributed by atoms with Gasteiger partial charge in [-0.15, -0.1) is 0 Å². The Balaban J connectivity index is 1.43. The second kappa shape index (κ2) is 8.64. The summed E-state index contributed by atoms with van der Waals surface area (Å²) >= 11 is 0. The maximum Gasteiger partial charge on any atom is 0.354 e. The number of aryl methyl sites for hydroxylation is 1. The van der Waals surface area contributed by atoms with Crippen molar-refractivity contribution < 1.29 is 28.7 Å². The molecule has 2 aliphatic heterocycles. The Morgan fingerprint density at radius 3 is 2.60 bits per heavy atom. The van der Waals surface area contributed by atoms with Crippen LogP contribution in [0.5, 0.6) is 0 Å². The van der Waals surface area contributed by atoms with Crippen LogP contribution in [0.3, 0.4) is 0 Å². The van der Waals surface area contributed by atoms with E-state index < -0.39 is 18.2 Å². The van der Waals surface area contributed by atoms with Gasteiger partial charge in [0.05, 0.1) is 17.9 Å². The van der Waals surface area contributed by atoms with Crippen LogP contribution in [0.25, 0.3) is 0 Å². The predicted molar refractivity (Wildman–Crippen MR) is 126 cm³/mol. The molecule has 1 aliphatic carbocycles. The summed E-state index contributed by atoms with van der Waals surface area (Å²) in [6.45, 7) is 4.41. The minimum absolute atomic E-state index is 0.120. The lowest BCUT2D eigenvalue weighted by atomic mass is 9.96. The van der Waals surface area contributed by atoms with Gasteiger partial charge in [-0.05, 0) is 44.9 Å². The number of ketones is 1. The first kappa shape index (κ1) is 23.3. The average molecular weight is 480 g/mol. The maximum atomic E-state index is 13.7. The number of fused-ring (bicyclic) bond motifs is 3. The summed E-state index contributed by atoms with van der Waals surface area (Å²) in [6.07, 6.45) is 1.78. The van der Waals surface area contributed by atoms with Crippen molar-refractivity contribution in [3.8, 4) is 0 Å². The number of amides is 2. The number of aromatic nitrogens is 1. The van der Waals surface area contributed by atoms with E-state index in [2.05, 4.69) is 0 Å². The van der Waals surface area contributed by atoms with Crippen LogP contribution in [-0.4, -0.2) is 65.1 Å². The molecule has 1 atom stereocenters. The van der Waals surface area contributed by atoms with Gasteiger partial charge < -0.3 is 18.9 Å². The fourth-order valence-electron chi connectivity index (χ4n) is 5.45. The largest absolute Gasteiger partial charge is 0.454 e. The third-order valence-corrected chi connectivity index (χ3v) is 7.27. The SMILES string of the molecule is COCCn1c(C)cc(C(=O)COC(=O)[C@@]23CCC(=O)N2c2ccccc2C(=O)N3C2CC2)c1C. The topological polar surface area (TPSA) is 98.1 Å². The highest BCUT2D eigenvalue weighted by molar-refractivity contribution is 6.16. The van der Waals surface area contributed by atoms with Gasteiger partial charge in [-0.3, -0.25) is 19.3 Å². The minimum atomic E-state index is -1.56. The van der Waals surface area contributed by atoms with Crippen LogP contribution < -0.4 is 4.90 Å². The van der Waals surface area contributed by atoms with Crippen molar-refractivity contribution >= 4 is 29.3 Å². The molecule has 1 aromatic heterocycles. The van der Waals surface area contributed by atoms with E-state index in [0.717, 1.165) is 24.2 Å². The molecule has 3 heterocycles. The molecule has 1 saturated heterocycles. The zero-order valence-corrected chi connectivity index (χ0v) is 20.2. The van der Waals surface area contributed by atoms with Crippen molar-refractivity contribution in [2.45, 2.75) is 57.8 Å². The Bertz CT molecular complexity index is 1230. The fourth-order valence-corrected chi connectivity index (χ4v) is 5.45. The van der Waals surface area contributed by atoms with E-state index in [-0.39, 0.29) is 36.5 Å². The highest BCUT2D eigenvalue weighted by Gasteiger charge is 2.64. The lowest BCUT2D eigenvalue weighted by Crippen LogP contribution is -2.69. The van der Waals surface area contributed by atoms with E-state index in [1.54, 1.807) is 37.4 Å². The molecule has 2 amide bonds. The number of esters is 1. The van der Waals surface area contributed by atoms with Crippen LogP contribution in [0, 0.1) is 13.8 Å². The Hall–Kier alpha value is -3.46. The van der Waals surface area contributed by atoms with Crippen LogP contribution in [-0.2, 0) is 25.6 Å². The lowest BCUT2D eigenvalue weighted by molar-refractivity contribution is -0.156. The number of para-hydroxylation sites is 1. The van der Waals surface area contributed by atoms with Gasteiger partial charge in [0.1, 0.15) is 0 Å². The van der Waals surface area contributed by atoms with Crippen LogP contribution in [0.4, 0.5) is 5.69 Å². The van der Waals surface area contributed by atoms with Crippen LogP contribution in [0.15, 0.2) is 30.3 Å². The quantitative estimate of drug-likeness (QED) is 0.427. The van der Waals surface area contributed by atoms with Crippen LogP contribution >= 0.6 is 0 Å². The third kappa shape index (κ3) is 3.56. The van der Waals surface area contributed by atoms with Crippen molar-refractivity contribution in [3.63, 3.8) is 0 Å². The summed E-state index contributed by atoms with van der Waals surface area (Å²) < 4.78 is 12.7. The van der Waals surface area contributed by atoms with Gasteiger partial charge in [0.15, 0.2) is 6.61 Å². The molecule has 0 N–H and O–H groups in total. The predicted octanol–water partition coefficient (Wildman–Crippen LogP) is 2.62. The molecule has 0 unspecified atom stereocenters. The molecule has 0 radical (unpaired) electrons. The van der Waals surface area contributed by atoms with Gasteiger partial charge >= 0.3 is 5.97 Å². The number of hydrogen-bond acceptors (Lipinski definition) is 6. The molecule has 1 saturated carbocycles.